The van der Waals surface area contributed by atoms with Gasteiger partial charge in [0.15, 0.2) is 0 Å². The van der Waals surface area contributed by atoms with Gasteiger partial charge in [-0.3, -0.25) is 4.79 Å². The summed E-state index contributed by atoms with van der Waals surface area (Å²) in [7, 11) is 4.05. The molecule has 2 aromatic heterocycles. The number of benzene rings is 1. The second-order valence-electron chi connectivity index (χ2n) is 7.58. The summed E-state index contributed by atoms with van der Waals surface area (Å²) in [6, 6.07) is 10.4. The standard InChI is InChI=1S/C22H26N4O2S2/c1-25(2)17-7-5-16(6-8-17)12-26(13-18-4-3-10-28-18)20(27)14-30-22-19-9-11-29-21(19)23-15-24-22/h5-9,11,15,18H,3-4,10,12-14H2,1-2H3. The predicted octanol–water partition coefficient (Wildman–Crippen LogP) is 4.06. The van der Waals surface area contributed by atoms with Gasteiger partial charge in [-0.05, 0) is 42.0 Å². The maximum Gasteiger partial charge on any atom is 0.233 e. The van der Waals surface area contributed by atoms with Crippen LogP contribution in [0.2, 0.25) is 0 Å². The molecule has 4 rings (SSSR count). The zero-order chi connectivity index (χ0) is 20.9. The third-order valence-electron chi connectivity index (χ3n) is 5.18. The predicted molar refractivity (Wildman–Crippen MR) is 123 cm³/mol. The van der Waals surface area contributed by atoms with E-state index in [-0.39, 0.29) is 12.0 Å². The molecule has 1 unspecified atom stereocenters. The van der Waals surface area contributed by atoms with Crippen LogP contribution in [0.5, 0.6) is 0 Å². The lowest BCUT2D eigenvalue weighted by Crippen LogP contribution is -2.38. The van der Waals surface area contributed by atoms with Crippen LogP contribution in [-0.4, -0.2) is 59.9 Å². The molecule has 158 valence electrons. The molecule has 0 radical (unpaired) electrons. The van der Waals surface area contributed by atoms with Gasteiger partial charge in [0.1, 0.15) is 16.2 Å². The van der Waals surface area contributed by atoms with Gasteiger partial charge in [-0.1, -0.05) is 23.9 Å². The highest BCUT2D eigenvalue weighted by molar-refractivity contribution is 8.00. The largest absolute Gasteiger partial charge is 0.378 e. The number of rotatable bonds is 8. The van der Waals surface area contributed by atoms with Crippen molar-refractivity contribution < 1.29 is 9.53 Å². The van der Waals surface area contributed by atoms with Gasteiger partial charge in [0.05, 0.1) is 11.9 Å². The minimum Gasteiger partial charge on any atom is -0.378 e. The lowest BCUT2D eigenvalue weighted by atomic mass is 10.1. The first kappa shape index (κ1) is 21.1. The Kier molecular flexibility index (Phi) is 6.86. The molecule has 30 heavy (non-hydrogen) atoms. The Labute approximate surface area is 185 Å². The summed E-state index contributed by atoms with van der Waals surface area (Å²) in [5.74, 6) is 0.457. The first-order valence-corrected chi connectivity index (χ1v) is 11.9. The Morgan fingerprint density at radius 2 is 2.07 bits per heavy atom. The summed E-state index contributed by atoms with van der Waals surface area (Å²) in [6.07, 6.45) is 3.78. The van der Waals surface area contributed by atoms with E-state index in [2.05, 4.69) is 39.1 Å². The number of aromatic nitrogens is 2. The first-order valence-electron chi connectivity index (χ1n) is 10.1. The van der Waals surface area contributed by atoms with Crippen molar-refractivity contribution in [2.45, 2.75) is 30.5 Å². The van der Waals surface area contributed by atoms with Crippen molar-refractivity contribution in [3.05, 3.63) is 47.6 Å². The van der Waals surface area contributed by atoms with Gasteiger partial charge in [-0.25, -0.2) is 9.97 Å². The van der Waals surface area contributed by atoms with Gasteiger partial charge in [0.25, 0.3) is 0 Å². The smallest absolute Gasteiger partial charge is 0.233 e. The number of carbonyl (C=O) groups excluding carboxylic acids is 1. The topological polar surface area (TPSA) is 58.6 Å². The van der Waals surface area contributed by atoms with Crippen molar-refractivity contribution >= 4 is 44.9 Å². The van der Waals surface area contributed by atoms with Crippen molar-refractivity contribution in [1.29, 1.82) is 0 Å². The maximum absolute atomic E-state index is 13.2. The lowest BCUT2D eigenvalue weighted by Gasteiger charge is -2.26. The highest BCUT2D eigenvalue weighted by Crippen LogP contribution is 2.28. The number of ether oxygens (including phenoxy) is 1. The molecular formula is C22H26N4O2S2. The van der Waals surface area contributed by atoms with E-state index < -0.39 is 0 Å². The second kappa shape index (κ2) is 9.76. The van der Waals surface area contributed by atoms with E-state index in [4.69, 9.17) is 4.74 Å². The molecule has 0 aliphatic carbocycles. The van der Waals surface area contributed by atoms with E-state index in [0.717, 1.165) is 45.9 Å². The molecule has 1 saturated heterocycles. The van der Waals surface area contributed by atoms with E-state index in [1.807, 2.05) is 30.4 Å². The Bertz CT molecular complexity index is 984. The monoisotopic (exact) mass is 442 g/mol. The summed E-state index contributed by atoms with van der Waals surface area (Å²) >= 11 is 3.07. The zero-order valence-corrected chi connectivity index (χ0v) is 18.9. The summed E-state index contributed by atoms with van der Waals surface area (Å²) in [4.78, 5) is 26.8. The van der Waals surface area contributed by atoms with E-state index in [1.54, 1.807) is 17.7 Å². The van der Waals surface area contributed by atoms with Gasteiger partial charge >= 0.3 is 0 Å². The summed E-state index contributed by atoms with van der Waals surface area (Å²) in [6.45, 7) is 2.01. The molecule has 3 aromatic rings. The highest BCUT2D eigenvalue weighted by Gasteiger charge is 2.23. The number of thioether (sulfide) groups is 1. The molecule has 6 nitrogen and oxygen atoms in total. The third kappa shape index (κ3) is 5.11. The molecule has 1 aliphatic rings. The minimum atomic E-state index is 0.106. The van der Waals surface area contributed by atoms with Gasteiger partial charge in [-0.15, -0.1) is 11.3 Å². The van der Waals surface area contributed by atoms with Gasteiger partial charge in [0.2, 0.25) is 5.91 Å². The fourth-order valence-electron chi connectivity index (χ4n) is 3.51. The molecule has 1 aromatic carbocycles. The molecule has 1 atom stereocenters. The Balaban J connectivity index is 1.45. The van der Waals surface area contributed by atoms with Crippen molar-refractivity contribution in [3.8, 4) is 0 Å². The van der Waals surface area contributed by atoms with Gasteiger partial charge in [0, 0.05) is 44.9 Å². The average Bonchev–Trinajstić information content (AvgIpc) is 3.44. The molecule has 1 amide bonds. The molecule has 1 aliphatic heterocycles. The number of carbonyl (C=O) groups is 1. The average molecular weight is 443 g/mol. The Morgan fingerprint density at radius 3 is 2.80 bits per heavy atom. The Hall–Kier alpha value is -2.16. The fraction of sp³-hybridized carbons (Fsp3) is 0.409. The van der Waals surface area contributed by atoms with E-state index in [0.29, 0.717) is 18.8 Å². The summed E-state index contributed by atoms with van der Waals surface area (Å²) in [5.41, 5.74) is 2.27. The van der Waals surface area contributed by atoms with Crippen molar-refractivity contribution in [2.75, 3.05) is 37.9 Å². The number of nitrogens with zero attached hydrogens (tertiary/aromatic N) is 4. The Morgan fingerprint density at radius 1 is 1.23 bits per heavy atom. The SMILES string of the molecule is CN(C)c1ccc(CN(CC2CCCO2)C(=O)CSc2ncnc3sccc23)cc1. The van der Waals surface area contributed by atoms with Gasteiger partial charge in [-0.2, -0.15) is 0 Å². The highest BCUT2D eigenvalue weighted by atomic mass is 32.2. The van der Waals surface area contributed by atoms with Crippen LogP contribution in [0, 0.1) is 0 Å². The number of amides is 1. The maximum atomic E-state index is 13.2. The van der Waals surface area contributed by atoms with Crippen LogP contribution in [0.3, 0.4) is 0 Å². The van der Waals surface area contributed by atoms with Crippen LogP contribution in [0.15, 0.2) is 47.1 Å². The zero-order valence-electron chi connectivity index (χ0n) is 17.3. The summed E-state index contributed by atoms with van der Waals surface area (Å²) < 4.78 is 5.81. The molecular weight excluding hydrogens is 416 g/mol. The van der Waals surface area contributed by atoms with E-state index in [1.165, 1.54) is 11.8 Å². The second-order valence-corrected chi connectivity index (χ2v) is 9.44. The number of hydrogen-bond donors (Lipinski definition) is 0. The molecule has 1 fully saturated rings. The molecule has 0 N–H and O–H groups in total. The molecule has 0 saturated carbocycles. The number of anilines is 1. The van der Waals surface area contributed by atoms with Gasteiger partial charge < -0.3 is 14.5 Å². The number of fused-ring (bicyclic) bond motifs is 1. The third-order valence-corrected chi connectivity index (χ3v) is 7.00. The summed E-state index contributed by atoms with van der Waals surface area (Å²) in [5, 5.41) is 3.89. The van der Waals surface area contributed by atoms with E-state index in [9.17, 15) is 4.79 Å². The van der Waals surface area contributed by atoms with Crippen molar-refractivity contribution in [3.63, 3.8) is 0 Å². The van der Waals surface area contributed by atoms with Crippen LogP contribution >= 0.6 is 23.1 Å². The van der Waals surface area contributed by atoms with Crippen LogP contribution in [0.25, 0.3) is 10.2 Å². The minimum absolute atomic E-state index is 0.106. The molecule has 0 spiro atoms. The van der Waals surface area contributed by atoms with Crippen molar-refractivity contribution in [2.24, 2.45) is 0 Å². The fourth-order valence-corrected chi connectivity index (χ4v) is 5.19. The van der Waals surface area contributed by atoms with Crippen LogP contribution in [0.1, 0.15) is 18.4 Å². The molecule has 3 heterocycles. The quantitative estimate of drug-likeness (QED) is 0.387. The number of thiophene rings is 1. The van der Waals surface area contributed by atoms with Crippen LogP contribution in [-0.2, 0) is 16.1 Å². The van der Waals surface area contributed by atoms with Crippen molar-refractivity contribution in [1.82, 2.24) is 14.9 Å². The molecule has 0 bridgehead atoms. The first-order chi connectivity index (χ1) is 14.6. The molecule has 8 heteroatoms. The van der Waals surface area contributed by atoms with Crippen LogP contribution in [0.4, 0.5) is 5.69 Å². The lowest BCUT2D eigenvalue weighted by molar-refractivity contribution is -0.130. The normalized spacial score (nSPS) is 16.1. The number of hydrogen-bond acceptors (Lipinski definition) is 7. The van der Waals surface area contributed by atoms with Crippen LogP contribution < -0.4 is 4.90 Å². The van der Waals surface area contributed by atoms with E-state index >= 15 is 0 Å².